The number of carbonyl (C=O) groups is 2. The third kappa shape index (κ3) is 8.69. The number of rotatable bonds is 10. The minimum Gasteiger partial charge on any atom is -0.350 e. The van der Waals surface area contributed by atoms with Gasteiger partial charge in [-0.3, -0.25) is 13.9 Å². The fourth-order valence-corrected chi connectivity index (χ4v) is 4.53. The molecule has 2 aromatic carbocycles. The fraction of sp³-hybridized carbons (Fsp3) is 0.481. The number of carbonyl (C=O) groups excluding carboxylic acids is 2. The molecule has 35 heavy (non-hydrogen) atoms. The van der Waals surface area contributed by atoms with Crippen molar-refractivity contribution in [3.63, 3.8) is 0 Å². The van der Waals surface area contributed by atoms with Gasteiger partial charge in [0.1, 0.15) is 12.6 Å². The third-order valence-corrected chi connectivity index (χ3v) is 6.82. The molecule has 0 unspecified atom stereocenters. The van der Waals surface area contributed by atoms with Crippen molar-refractivity contribution in [1.82, 2.24) is 10.2 Å². The Bertz CT molecular complexity index is 1090. The molecule has 0 aromatic heterocycles. The van der Waals surface area contributed by atoms with Crippen LogP contribution in [0, 0.1) is 0 Å². The molecule has 1 atom stereocenters. The van der Waals surface area contributed by atoms with Gasteiger partial charge in [-0.1, -0.05) is 56.3 Å². The predicted octanol–water partition coefficient (Wildman–Crippen LogP) is 3.95. The second kappa shape index (κ2) is 11.7. The highest BCUT2D eigenvalue weighted by Crippen LogP contribution is 2.22. The van der Waals surface area contributed by atoms with Gasteiger partial charge in [0, 0.05) is 12.1 Å². The molecule has 2 aromatic rings. The Balaban J connectivity index is 2.33. The van der Waals surface area contributed by atoms with Crippen molar-refractivity contribution >= 4 is 27.5 Å². The van der Waals surface area contributed by atoms with Crippen molar-refractivity contribution in [1.29, 1.82) is 0 Å². The lowest BCUT2D eigenvalue weighted by molar-refractivity contribution is -0.139. The van der Waals surface area contributed by atoms with Gasteiger partial charge in [0.2, 0.25) is 21.8 Å². The van der Waals surface area contributed by atoms with Gasteiger partial charge in [0.15, 0.2) is 0 Å². The molecule has 7 nitrogen and oxygen atoms in total. The summed E-state index contributed by atoms with van der Waals surface area (Å²) in [5.41, 5.74) is 2.06. The molecule has 2 rings (SSSR count). The van der Waals surface area contributed by atoms with Crippen molar-refractivity contribution < 1.29 is 18.0 Å². The average molecular weight is 502 g/mol. The highest BCUT2D eigenvalue weighted by Gasteiger charge is 2.31. The number of sulfonamides is 1. The first kappa shape index (κ1) is 28.4. The van der Waals surface area contributed by atoms with E-state index in [4.69, 9.17) is 0 Å². The molecule has 0 aliphatic heterocycles. The number of hydrogen-bond acceptors (Lipinski definition) is 4. The van der Waals surface area contributed by atoms with E-state index in [1.165, 1.54) is 4.90 Å². The molecule has 0 aliphatic carbocycles. The quantitative estimate of drug-likeness (QED) is 0.534. The Morgan fingerprint density at radius 3 is 2.00 bits per heavy atom. The van der Waals surface area contributed by atoms with E-state index in [9.17, 15) is 18.0 Å². The van der Waals surface area contributed by atoms with E-state index in [1.807, 2.05) is 63.2 Å². The summed E-state index contributed by atoms with van der Waals surface area (Å²) < 4.78 is 26.4. The predicted molar refractivity (Wildman–Crippen MR) is 142 cm³/mol. The summed E-state index contributed by atoms with van der Waals surface area (Å²) in [4.78, 5) is 27.9. The number of benzene rings is 2. The van der Waals surface area contributed by atoms with Crippen LogP contribution in [0.5, 0.6) is 0 Å². The zero-order chi connectivity index (χ0) is 26.4. The van der Waals surface area contributed by atoms with Crippen molar-refractivity contribution in [2.24, 2.45) is 0 Å². The Morgan fingerprint density at radius 1 is 0.943 bits per heavy atom. The van der Waals surface area contributed by atoms with E-state index in [-0.39, 0.29) is 19.0 Å². The Labute approximate surface area is 210 Å². The van der Waals surface area contributed by atoms with E-state index < -0.39 is 27.5 Å². The standard InChI is InChI=1S/C27H39N3O4S/c1-20(2)23-13-15-24(16-14-23)30(35(7,33)34)19-25(31)29(18-17-22-11-9-8-10-12-22)21(3)26(32)28-27(4,5)6/h8-16,20-21H,17-19H2,1-7H3,(H,28,32)/t21-/m0/s1. The molecule has 0 fully saturated rings. The van der Waals surface area contributed by atoms with Gasteiger partial charge in [-0.25, -0.2) is 8.42 Å². The highest BCUT2D eigenvalue weighted by molar-refractivity contribution is 7.92. The first-order valence-electron chi connectivity index (χ1n) is 11.9. The molecule has 0 spiro atoms. The van der Waals surface area contributed by atoms with Crippen LogP contribution in [0.1, 0.15) is 58.6 Å². The fourth-order valence-electron chi connectivity index (χ4n) is 3.68. The number of nitrogens with one attached hydrogen (secondary N) is 1. The number of hydrogen-bond donors (Lipinski definition) is 1. The van der Waals surface area contributed by atoms with E-state index >= 15 is 0 Å². The number of amides is 2. The maximum Gasteiger partial charge on any atom is 0.244 e. The summed E-state index contributed by atoms with van der Waals surface area (Å²) in [6.45, 7) is 11.3. The molecule has 0 bridgehead atoms. The largest absolute Gasteiger partial charge is 0.350 e. The second-order valence-electron chi connectivity index (χ2n) is 10.3. The molecule has 192 valence electrons. The molecular weight excluding hydrogens is 462 g/mol. The van der Waals surface area contributed by atoms with Crippen LogP contribution in [0.15, 0.2) is 54.6 Å². The van der Waals surface area contributed by atoms with Crippen molar-refractivity contribution in [2.75, 3.05) is 23.7 Å². The van der Waals surface area contributed by atoms with E-state index in [0.29, 0.717) is 18.0 Å². The van der Waals surface area contributed by atoms with Gasteiger partial charge in [0.25, 0.3) is 0 Å². The molecule has 2 amide bonds. The summed E-state index contributed by atoms with van der Waals surface area (Å²) in [7, 11) is -3.74. The van der Waals surface area contributed by atoms with Crippen LogP contribution in [0.2, 0.25) is 0 Å². The molecule has 0 heterocycles. The summed E-state index contributed by atoms with van der Waals surface area (Å²) >= 11 is 0. The Hall–Kier alpha value is -2.87. The molecule has 0 saturated carbocycles. The lowest BCUT2D eigenvalue weighted by Crippen LogP contribution is -2.55. The van der Waals surface area contributed by atoms with E-state index in [0.717, 1.165) is 21.7 Å². The van der Waals surface area contributed by atoms with Gasteiger partial charge in [-0.2, -0.15) is 0 Å². The summed E-state index contributed by atoms with van der Waals surface area (Å²) in [5.74, 6) is -0.421. The number of nitrogens with zero attached hydrogens (tertiary/aromatic N) is 2. The average Bonchev–Trinajstić information content (AvgIpc) is 2.76. The SMILES string of the molecule is CC(C)c1ccc(N(CC(=O)N(CCc2ccccc2)[C@@H](C)C(=O)NC(C)(C)C)S(C)(=O)=O)cc1. The molecule has 0 radical (unpaired) electrons. The van der Waals surface area contributed by atoms with Crippen LogP contribution in [-0.2, 0) is 26.0 Å². The maximum atomic E-state index is 13.5. The normalized spacial score (nSPS) is 12.8. The smallest absolute Gasteiger partial charge is 0.244 e. The van der Waals surface area contributed by atoms with E-state index in [1.54, 1.807) is 19.1 Å². The van der Waals surface area contributed by atoms with E-state index in [2.05, 4.69) is 19.2 Å². The van der Waals surface area contributed by atoms with Crippen LogP contribution >= 0.6 is 0 Å². The molecular formula is C27H39N3O4S. The van der Waals surface area contributed by atoms with Gasteiger partial charge in [-0.05, 0) is 63.3 Å². The molecule has 0 saturated heterocycles. The Morgan fingerprint density at radius 2 is 1.51 bits per heavy atom. The zero-order valence-corrected chi connectivity index (χ0v) is 22.7. The van der Waals surface area contributed by atoms with Gasteiger partial charge >= 0.3 is 0 Å². The highest BCUT2D eigenvalue weighted by atomic mass is 32.2. The minimum absolute atomic E-state index is 0.283. The Kier molecular flexibility index (Phi) is 9.49. The molecule has 0 aliphatic rings. The summed E-state index contributed by atoms with van der Waals surface area (Å²) in [6.07, 6.45) is 1.63. The van der Waals surface area contributed by atoms with Crippen LogP contribution in [0.25, 0.3) is 0 Å². The van der Waals surface area contributed by atoms with Gasteiger partial charge in [-0.15, -0.1) is 0 Å². The lowest BCUT2D eigenvalue weighted by atomic mass is 10.0. The van der Waals surface area contributed by atoms with Crippen LogP contribution in [0.4, 0.5) is 5.69 Å². The first-order chi connectivity index (χ1) is 16.2. The summed E-state index contributed by atoms with van der Waals surface area (Å²) in [6, 6.07) is 16.1. The topological polar surface area (TPSA) is 86.8 Å². The third-order valence-electron chi connectivity index (χ3n) is 5.68. The first-order valence-corrected chi connectivity index (χ1v) is 13.8. The van der Waals surface area contributed by atoms with Gasteiger partial charge < -0.3 is 10.2 Å². The van der Waals surface area contributed by atoms with Crippen molar-refractivity contribution in [3.8, 4) is 0 Å². The monoisotopic (exact) mass is 501 g/mol. The zero-order valence-electron chi connectivity index (χ0n) is 21.9. The van der Waals surface area contributed by atoms with Crippen molar-refractivity contribution in [2.45, 2.75) is 65.5 Å². The second-order valence-corrected chi connectivity index (χ2v) is 12.2. The lowest BCUT2D eigenvalue weighted by Gasteiger charge is -2.33. The van der Waals surface area contributed by atoms with Gasteiger partial charge in [0.05, 0.1) is 11.9 Å². The maximum absolute atomic E-state index is 13.5. The van der Waals surface area contributed by atoms with Crippen molar-refractivity contribution in [3.05, 3.63) is 65.7 Å². The van der Waals surface area contributed by atoms with Crippen LogP contribution < -0.4 is 9.62 Å². The minimum atomic E-state index is -3.74. The summed E-state index contributed by atoms with van der Waals surface area (Å²) in [5, 5.41) is 2.92. The molecule has 8 heteroatoms. The molecule has 1 N–H and O–H groups in total. The number of anilines is 1. The van der Waals surface area contributed by atoms with Crippen LogP contribution in [-0.4, -0.2) is 56.1 Å². The van der Waals surface area contributed by atoms with Crippen LogP contribution in [0.3, 0.4) is 0 Å².